The van der Waals surface area contributed by atoms with E-state index in [1.165, 1.54) is 7.11 Å². The van der Waals surface area contributed by atoms with E-state index >= 15 is 0 Å². The van der Waals surface area contributed by atoms with E-state index < -0.39 is 0 Å². The van der Waals surface area contributed by atoms with Gasteiger partial charge in [0, 0.05) is 5.92 Å². The van der Waals surface area contributed by atoms with Crippen LogP contribution in [0.3, 0.4) is 0 Å². The van der Waals surface area contributed by atoms with Crippen LogP contribution in [0.4, 0.5) is 0 Å². The van der Waals surface area contributed by atoms with Crippen LogP contribution >= 0.6 is 0 Å². The van der Waals surface area contributed by atoms with Crippen molar-refractivity contribution in [1.82, 2.24) is 0 Å². The molecule has 0 N–H and O–H groups in total. The van der Waals surface area contributed by atoms with Crippen molar-refractivity contribution in [2.75, 3.05) is 7.11 Å². The summed E-state index contributed by atoms with van der Waals surface area (Å²) in [6, 6.07) is 9.84. The standard InChI is InChI=1S/C13H16O2/c1-4-12(10(2)13(14)15-3)11-8-6-5-7-9-11/h4-10,12H,1H2,2-3H3/t10-,12+/m0/s1. The highest BCUT2D eigenvalue weighted by Crippen LogP contribution is 2.26. The van der Waals surface area contributed by atoms with E-state index in [-0.39, 0.29) is 17.8 Å². The van der Waals surface area contributed by atoms with E-state index in [0.717, 1.165) is 5.56 Å². The lowest BCUT2D eigenvalue weighted by molar-refractivity contribution is -0.145. The number of ether oxygens (including phenoxy) is 1. The summed E-state index contributed by atoms with van der Waals surface area (Å²) in [6.45, 7) is 5.62. The molecule has 0 saturated carbocycles. The molecule has 1 rings (SSSR count). The Labute approximate surface area is 90.6 Å². The smallest absolute Gasteiger partial charge is 0.309 e. The summed E-state index contributed by atoms with van der Waals surface area (Å²) >= 11 is 0. The maximum Gasteiger partial charge on any atom is 0.309 e. The third-order valence-corrected chi connectivity index (χ3v) is 2.55. The number of hydrogen-bond acceptors (Lipinski definition) is 2. The minimum absolute atomic E-state index is 0.0126. The second-order valence-corrected chi connectivity index (χ2v) is 3.48. The first kappa shape index (κ1) is 11.5. The fourth-order valence-electron chi connectivity index (χ4n) is 1.64. The molecule has 2 atom stereocenters. The molecule has 0 aliphatic heterocycles. The van der Waals surface area contributed by atoms with Gasteiger partial charge in [-0.3, -0.25) is 4.79 Å². The second-order valence-electron chi connectivity index (χ2n) is 3.48. The van der Waals surface area contributed by atoms with Gasteiger partial charge in [0.1, 0.15) is 0 Å². The predicted octanol–water partition coefficient (Wildman–Crippen LogP) is 2.77. The van der Waals surface area contributed by atoms with Crippen LogP contribution in [-0.4, -0.2) is 13.1 Å². The number of rotatable bonds is 4. The highest BCUT2D eigenvalue weighted by atomic mass is 16.5. The monoisotopic (exact) mass is 204 g/mol. The molecular weight excluding hydrogens is 188 g/mol. The molecule has 0 bridgehead atoms. The van der Waals surface area contributed by atoms with Crippen LogP contribution < -0.4 is 0 Å². The predicted molar refractivity (Wildman–Crippen MR) is 60.6 cm³/mol. The molecule has 0 aliphatic rings. The Kier molecular flexibility index (Phi) is 4.10. The first-order chi connectivity index (χ1) is 7.20. The average molecular weight is 204 g/mol. The van der Waals surface area contributed by atoms with Crippen LogP contribution in [-0.2, 0) is 9.53 Å². The van der Waals surface area contributed by atoms with Crippen LogP contribution in [0.25, 0.3) is 0 Å². The Morgan fingerprint density at radius 2 is 2.00 bits per heavy atom. The van der Waals surface area contributed by atoms with Gasteiger partial charge in [0.2, 0.25) is 0 Å². The molecule has 15 heavy (non-hydrogen) atoms. The summed E-state index contributed by atoms with van der Waals surface area (Å²) in [5.74, 6) is -0.391. The molecule has 1 aromatic carbocycles. The number of esters is 1. The van der Waals surface area contributed by atoms with Crippen molar-refractivity contribution in [1.29, 1.82) is 0 Å². The number of carbonyl (C=O) groups is 1. The summed E-state index contributed by atoms with van der Waals surface area (Å²) in [5.41, 5.74) is 1.09. The van der Waals surface area contributed by atoms with E-state index in [4.69, 9.17) is 4.74 Å². The SMILES string of the molecule is C=C[C@@H](c1ccccc1)[C@H](C)C(=O)OC. The van der Waals surface area contributed by atoms with Crippen LogP contribution in [0.1, 0.15) is 18.4 Å². The molecule has 1 aromatic rings. The largest absolute Gasteiger partial charge is 0.469 e. The minimum atomic E-state index is -0.205. The van der Waals surface area contributed by atoms with E-state index in [2.05, 4.69) is 6.58 Å². The fourth-order valence-corrected chi connectivity index (χ4v) is 1.64. The van der Waals surface area contributed by atoms with Gasteiger partial charge in [0.15, 0.2) is 0 Å². The minimum Gasteiger partial charge on any atom is -0.469 e. The maximum atomic E-state index is 11.4. The van der Waals surface area contributed by atoms with Crippen LogP contribution in [0, 0.1) is 5.92 Å². The zero-order chi connectivity index (χ0) is 11.3. The summed E-state index contributed by atoms with van der Waals surface area (Å²) in [7, 11) is 1.41. The van der Waals surface area contributed by atoms with Crippen LogP contribution in [0.15, 0.2) is 43.0 Å². The number of methoxy groups -OCH3 is 1. The van der Waals surface area contributed by atoms with Gasteiger partial charge < -0.3 is 4.74 Å². The first-order valence-corrected chi connectivity index (χ1v) is 4.96. The Morgan fingerprint density at radius 1 is 1.40 bits per heavy atom. The quantitative estimate of drug-likeness (QED) is 0.557. The average Bonchev–Trinajstić information content (AvgIpc) is 2.30. The Hall–Kier alpha value is -1.57. The molecule has 0 unspecified atom stereocenters. The zero-order valence-electron chi connectivity index (χ0n) is 9.14. The van der Waals surface area contributed by atoms with Gasteiger partial charge >= 0.3 is 5.97 Å². The molecule has 0 saturated heterocycles. The lowest BCUT2D eigenvalue weighted by Crippen LogP contribution is -2.19. The lowest BCUT2D eigenvalue weighted by atomic mass is 9.87. The van der Waals surface area contributed by atoms with Gasteiger partial charge in [0.05, 0.1) is 13.0 Å². The van der Waals surface area contributed by atoms with Crippen molar-refractivity contribution in [2.24, 2.45) is 5.92 Å². The van der Waals surface area contributed by atoms with E-state index in [1.54, 1.807) is 6.08 Å². The second kappa shape index (κ2) is 5.35. The lowest BCUT2D eigenvalue weighted by Gasteiger charge is -2.18. The van der Waals surface area contributed by atoms with Crippen LogP contribution in [0.5, 0.6) is 0 Å². The first-order valence-electron chi connectivity index (χ1n) is 4.96. The van der Waals surface area contributed by atoms with Crippen LogP contribution in [0.2, 0.25) is 0 Å². The molecule has 0 aliphatic carbocycles. The normalized spacial score (nSPS) is 14.0. The molecule has 0 radical (unpaired) electrons. The Balaban J connectivity index is 2.89. The fraction of sp³-hybridized carbons (Fsp3) is 0.308. The molecule has 0 amide bonds. The third kappa shape index (κ3) is 2.69. The number of allylic oxidation sites excluding steroid dienone is 1. The summed E-state index contributed by atoms with van der Waals surface area (Å²) in [6.07, 6.45) is 1.79. The topological polar surface area (TPSA) is 26.3 Å². The van der Waals surface area contributed by atoms with Gasteiger partial charge in [0.25, 0.3) is 0 Å². The molecule has 0 aromatic heterocycles. The van der Waals surface area contributed by atoms with Crippen molar-refractivity contribution in [3.63, 3.8) is 0 Å². The summed E-state index contributed by atoms with van der Waals surface area (Å²) in [5, 5.41) is 0. The maximum absolute atomic E-state index is 11.4. The molecular formula is C13H16O2. The van der Waals surface area contributed by atoms with Gasteiger partial charge in [-0.05, 0) is 5.56 Å². The summed E-state index contributed by atoms with van der Waals surface area (Å²) in [4.78, 5) is 11.4. The van der Waals surface area contributed by atoms with Crippen molar-refractivity contribution < 1.29 is 9.53 Å². The highest BCUT2D eigenvalue weighted by molar-refractivity contribution is 5.73. The molecule has 0 heterocycles. The number of hydrogen-bond donors (Lipinski definition) is 0. The van der Waals surface area contributed by atoms with Gasteiger partial charge in [-0.15, -0.1) is 6.58 Å². The third-order valence-electron chi connectivity index (χ3n) is 2.55. The van der Waals surface area contributed by atoms with Crippen molar-refractivity contribution in [3.05, 3.63) is 48.6 Å². The van der Waals surface area contributed by atoms with Crippen molar-refractivity contribution in [3.8, 4) is 0 Å². The van der Waals surface area contributed by atoms with Gasteiger partial charge in [-0.2, -0.15) is 0 Å². The summed E-state index contributed by atoms with van der Waals surface area (Å²) < 4.78 is 4.73. The molecule has 2 nitrogen and oxygen atoms in total. The van der Waals surface area contributed by atoms with Crippen molar-refractivity contribution in [2.45, 2.75) is 12.8 Å². The van der Waals surface area contributed by atoms with Gasteiger partial charge in [-0.25, -0.2) is 0 Å². The van der Waals surface area contributed by atoms with Crippen molar-refractivity contribution >= 4 is 5.97 Å². The number of carbonyl (C=O) groups excluding carboxylic acids is 1. The number of benzene rings is 1. The molecule has 0 fully saturated rings. The van der Waals surface area contributed by atoms with E-state index in [9.17, 15) is 4.79 Å². The Bertz CT molecular complexity index is 330. The molecule has 80 valence electrons. The molecule has 2 heteroatoms. The Morgan fingerprint density at radius 3 is 2.47 bits per heavy atom. The molecule has 0 spiro atoms. The van der Waals surface area contributed by atoms with E-state index in [0.29, 0.717) is 0 Å². The zero-order valence-corrected chi connectivity index (χ0v) is 9.14. The van der Waals surface area contributed by atoms with Gasteiger partial charge in [-0.1, -0.05) is 43.3 Å². The highest BCUT2D eigenvalue weighted by Gasteiger charge is 2.23. The van der Waals surface area contributed by atoms with E-state index in [1.807, 2.05) is 37.3 Å².